The van der Waals surface area contributed by atoms with Crippen molar-refractivity contribution in [3.63, 3.8) is 0 Å². The first-order chi connectivity index (χ1) is 11.8. The topological polar surface area (TPSA) is 75.6 Å². The molecule has 0 fully saturated rings. The average Bonchev–Trinajstić information content (AvgIpc) is 2.59. The molecular weight excluding hydrogens is 318 g/mol. The van der Waals surface area contributed by atoms with Gasteiger partial charge in [0.25, 0.3) is 0 Å². The largest absolute Gasteiger partial charge is 0.481 e. The summed E-state index contributed by atoms with van der Waals surface area (Å²) in [7, 11) is 0. The van der Waals surface area contributed by atoms with Gasteiger partial charge in [-0.3, -0.25) is 4.79 Å². The van der Waals surface area contributed by atoms with Crippen molar-refractivity contribution < 1.29 is 19.4 Å². The zero-order valence-corrected chi connectivity index (χ0v) is 14.7. The highest BCUT2D eigenvalue weighted by Crippen LogP contribution is 2.34. The van der Waals surface area contributed by atoms with E-state index in [9.17, 15) is 14.7 Å². The average molecular weight is 341 g/mol. The van der Waals surface area contributed by atoms with E-state index < -0.39 is 23.5 Å². The SMILES string of the molecule is Cc1ccc(C(NC(=O)OCc2ccccc2)C(C)(C)C(=O)O)cc1. The lowest BCUT2D eigenvalue weighted by atomic mass is 9.80. The van der Waals surface area contributed by atoms with Crippen LogP contribution in [0.3, 0.4) is 0 Å². The summed E-state index contributed by atoms with van der Waals surface area (Å²) in [6, 6.07) is 16.0. The molecule has 0 saturated carbocycles. The van der Waals surface area contributed by atoms with E-state index in [1.54, 1.807) is 13.8 Å². The lowest BCUT2D eigenvalue weighted by molar-refractivity contribution is -0.148. The summed E-state index contributed by atoms with van der Waals surface area (Å²) in [4.78, 5) is 23.9. The van der Waals surface area contributed by atoms with Crippen LogP contribution in [0.5, 0.6) is 0 Å². The van der Waals surface area contributed by atoms with Crippen molar-refractivity contribution in [2.75, 3.05) is 0 Å². The molecule has 132 valence electrons. The van der Waals surface area contributed by atoms with Crippen LogP contribution in [0, 0.1) is 12.3 Å². The van der Waals surface area contributed by atoms with Crippen LogP contribution in [0.15, 0.2) is 54.6 Å². The Balaban J connectivity index is 2.14. The molecule has 2 aromatic rings. The number of carbonyl (C=O) groups is 2. The van der Waals surface area contributed by atoms with Crippen LogP contribution in [0.4, 0.5) is 4.79 Å². The monoisotopic (exact) mass is 341 g/mol. The molecule has 1 unspecified atom stereocenters. The summed E-state index contributed by atoms with van der Waals surface area (Å²) in [5, 5.41) is 12.3. The third-order valence-electron chi connectivity index (χ3n) is 4.16. The van der Waals surface area contributed by atoms with Crippen molar-refractivity contribution in [3.8, 4) is 0 Å². The van der Waals surface area contributed by atoms with Gasteiger partial charge in [-0.2, -0.15) is 0 Å². The molecule has 1 amide bonds. The Morgan fingerprint density at radius 2 is 1.68 bits per heavy atom. The van der Waals surface area contributed by atoms with Crippen LogP contribution in [-0.4, -0.2) is 17.2 Å². The second-order valence-corrected chi connectivity index (χ2v) is 6.58. The highest BCUT2D eigenvalue weighted by Gasteiger charge is 2.39. The van der Waals surface area contributed by atoms with Crippen molar-refractivity contribution in [3.05, 3.63) is 71.3 Å². The van der Waals surface area contributed by atoms with Crippen LogP contribution in [0.1, 0.15) is 36.6 Å². The minimum atomic E-state index is -1.19. The number of benzene rings is 2. The lowest BCUT2D eigenvalue weighted by Gasteiger charge is -2.31. The van der Waals surface area contributed by atoms with Gasteiger partial charge in [-0.15, -0.1) is 0 Å². The van der Waals surface area contributed by atoms with E-state index in [1.807, 2.05) is 61.5 Å². The van der Waals surface area contributed by atoms with Crippen molar-refractivity contribution >= 4 is 12.1 Å². The first kappa shape index (κ1) is 18.5. The summed E-state index contributed by atoms with van der Waals surface area (Å²) >= 11 is 0. The number of hydrogen-bond donors (Lipinski definition) is 2. The molecular formula is C20H23NO4. The van der Waals surface area contributed by atoms with E-state index in [4.69, 9.17) is 4.74 Å². The minimum Gasteiger partial charge on any atom is -0.481 e. The van der Waals surface area contributed by atoms with E-state index in [1.165, 1.54) is 0 Å². The fraction of sp³-hybridized carbons (Fsp3) is 0.300. The summed E-state index contributed by atoms with van der Waals surface area (Å²) < 4.78 is 5.24. The van der Waals surface area contributed by atoms with Gasteiger partial charge in [-0.1, -0.05) is 60.2 Å². The summed E-state index contributed by atoms with van der Waals surface area (Å²) in [6.07, 6.45) is -0.649. The maximum Gasteiger partial charge on any atom is 0.407 e. The standard InChI is InChI=1S/C20H23NO4/c1-14-9-11-16(12-10-14)17(20(2,3)18(22)23)21-19(24)25-13-15-7-5-4-6-8-15/h4-12,17H,13H2,1-3H3,(H,21,24)(H,22,23). The Hall–Kier alpha value is -2.82. The van der Waals surface area contributed by atoms with Gasteiger partial charge in [0.05, 0.1) is 11.5 Å². The van der Waals surface area contributed by atoms with Gasteiger partial charge in [0.2, 0.25) is 0 Å². The number of carbonyl (C=O) groups excluding carboxylic acids is 1. The molecule has 0 aromatic heterocycles. The normalized spacial score (nSPS) is 12.3. The molecule has 0 heterocycles. The van der Waals surface area contributed by atoms with Crippen LogP contribution in [0.2, 0.25) is 0 Å². The Bertz CT molecular complexity index is 723. The molecule has 25 heavy (non-hydrogen) atoms. The Morgan fingerprint density at radius 1 is 1.08 bits per heavy atom. The lowest BCUT2D eigenvalue weighted by Crippen LogP contribution is -2.42. The van der Waals surface area contributed by atoms with Gasteiger partial charge in [0, 0.05) is 0 Å². The summed E-state index contributed by atoms with van der Waals surface area (Å²) in [6.45, 7) is 5.23. The van der Waals surface area contributed by atoms with Crippen LogP contribution in [0.25, 0.3) is 0 Å². The molecule has 2 rings (SSSR count). The van der Waals surface area contributed by atoms with Crippen LogP contribution >= 0.6 is 0 Å². The summed E-state index contributed by atoms with van der Waals surface area (Å²) in [5.41, 5.74) is 1.44. The van der Waals surface area contributed by atoms with Crippen molar-refractivity contribution in [1.82, 2.24) is 5.32 Å². The van der Waals surface area contributed by atoms with Gasteiger partial charge in [0.1, 0.15) is 6.61 Å². The molecule has 0 bridgehead atoms. The third kappa shape index (κ3) is 4.83. The van der Waals surface area contributed by atoms with Gasteiger partial charge in [-0.05, 0) is 31.9 Å². The Morgan fingerprint density at radius 3 is 2.24 bits per heavy atom. The smallest absolute Gasteiger partial charge is 0.407 e. The quantitative estimate of drug-likeness (QED) is 0.830. The first-order valence-electron chi connectivity index (χ1n) is 8.08. The molecule has 0 aliphatic heterocycles. The van der Waals surface area contributed by atoms with Gasteiger partial charge >= 0.3 is 12.1 Å². The maximum absolute atomic E-state index is 12.2. The Kier molecular flexibility index (Phi) is 5.80. The van der Waals surface area contributed by atoms with Crippen molar-refractivity contribution in [2.45, 2.75) is 33.4 Å². The molecule has 2 aromatic carbocycles. The van der Waals surface area contributed by atoms with Crippen molar-refractivity contribution in [2.24, 2.45) is 5.41 Å². The van der Waals surface area contributed by atoms with E-state index in [0.29, 0.717) is 0 Å². The number of aliphatic carboxylic acids is 1. The second kappa shape index (κ2) is 7.83. The fourth-order valence-electron chi connectivity index (χ4n) is 2.45. The second-order valence-electron chi connectivity index (χ2n) is 6.58. The first-order valence-corrected chi connectivity index (χ1v) is 8.08. The van der Waals surface area contributed by atoms with Gasteiger partial charge in [0.15, 0.2) is 0 Å². The predicted molar refractivity (Wildman–Crippen MR) is 95.1 cm³/mol. The molecule has 1 atom stereocenters. The van der Waals surface area contributed by atoms with Gasteiger partial charge < -0.3 is 15.2 Å². The van der Waals surface area contributed by atoms with Gasteiger partial charge in [-0.25, -0.2) is 4.79 Å². The van der Waals surface area contributed by atoms with E-state index >= 15 is 0 Å². The van der Waals surface area contributed by atoms with Crippen LogP contribution < -0.4 is 5.32 Å². The number of alkyl carbamates (subject to hydrolysis) is 1. The molecule has 0 spiro atoms. The van der Waals surface area contributed by atoms with Crippen molar-refractivity contribution in [1.29, 1.82) is 0 Å². The molecule has 0 saturated heterocycles. The maximum atomic E-state index is 12.2. The number of ether oxygens (including phenoxy) is 1. The van der Waals surface area contributed by atoms with E-state index in [2.05, 4.69) is 5.32 Å². The zero-order valence-electron chi connectivity index (χ0n) is 14.7. The zero-order chi connectivity index (χ0) is 18.4. The van der Waals surface area contributed by atoms with Crippen LogP contribution in [-0.2, 0) is 16.1 Å². The molecule has 0 aliphatic carbocycles. The summed E-state index contributed by atoms with van der Waals surface area (Å²) in [5.74, 6) is -0.999. The minimum absolute atomic E-state index is 0.126. The number of rotatable bonds is 6. The van der Waals surface area contributed by atoms with E-state index in [0.717, 1.165) is 16.7 Å². The number of aryl methyl sites for hydroxylation is 1. The number of carboxylic acid groups (broad SMARTS) is 1. The highest BCUT2D eigenvalue weighted by atomic mass is 16.5. The third-order valence-corrected chi connectivity index (χ3v) is 4.16. The van der Waals surface area contributed by atoms with E-state index in [-0.39, 0.29) is 6.61 Å². The highest BCUT2D eigenvalue weighted by molar-refractivity contribution is 5.77. The number of hydrogen-bond acceptors (Lipinski definition) is 3. The molecule has 0 aliphatic rings. The molecule has 0 radical (unpaired) electrons. The molecule has 5 heteroatoms. The molecule has 5 nitrogen and oxygen atoms in total. The number of nitrogens with one attached hydrogen (secondary N) is 1. The molecule has 2 N–H and O–H groups in total. The fourth-order valence-corrected chi connectivity index (χ4v) is 2.45. The Labute approximate surface area is 147 Å². The number of amides is 1. The predicted octanol–water partition coefficient (Wildman–Crippen LogP) is 4.07. The number of carboxylic acids is 1.